The van der Waals surface area contributed by atoms with E-state index in [9.17, 15) is 14.7 Å². The molecule has 0 aliphatic carbocycles. The van der Waals surface area contributed by atoms with E-state index < -0.39 is 18.1 Å². The molecule has 2 atom stereocenters. The molecule has 13 heavy (non-hydrogen) atoms. The lowest BCUT2D eigenvalue weighted by Gasteiger charge is -2.25. The highest BCUT2D eigenvalue weighted by Crippen LogP contribution is 2.20. The van der Waals surface area contributed by atoms with Crippen LogP contribution in [0.1, 0.15) is 19.8 Å². The number of hydrogen-bond acceptors (Lipinski definition) is 3. The average molecular weight is 187 g/mol. The molecule has 2 unspecified atom stereocenters. The van der Waals surface area contributed by atoms with Crippen molar-refractivity contribution < 1.29 is 19.8 Å². The van der Waals surface area contributed by atoms with Gasteiger partial charge in [-0.15, -0.1) is 0 Å². The van der Waals surface area contributed by atoms with Crippen LogP contribution in [0.15, 0.2) is 0 Å². The molecule has 1 rings (SSSR count). The first kappa shape index (κ1) is 9.98. The van der Waals surface area contributed by atoms with Crippen molar-refractivity contribution >= 4 is 11.9 Å². The standard InChI is InChI=1S/C8H13NO4/c1-5(10)9-4-2-3-6(9)7(11)8(12)13/h6-7,11H,2-4H2,1H3,(H,12,13). The van der Waals surface area contributed by atoms with E-state index in [1.165, 1.54) is 11.8 Å². The molecule has 0 spiro atoms. The zero-order chi connectivity index (χ0) is 10.0. The monoisotopic (exact) mass is 187 g/mol. The molecular formula is C8H13NO4. The predicted molar refractivity (Wildman–Crippen MR) is 44.1 cm³/mol. The summed E-state index contributed by atoms with van der Waals surface area (Å²) in [6, 6.07) is -0.546. The molecule has 1 aliphatic rings. The molecule has 0 bridgehead atoms. The van der Waals surface area contributed by atoms with Crippen molar-refractivity contribution in [2.24, 2.45) is 0 Å². The number of nitrogens with zero attached hydrogens (tertiary/aromatic N) is 1. The third-order valence-electron chi connectivity index (χ3n) is 2.32. The third kappa shape index (κ3) is 1.98. The highest BCUT2D eigenvalue weighted by atomic mass is 16.4. The molecule has 0 aromatic rings. The summed E-state index contributed by atoms with van der Waals surface area (Å²) in [7, 11) is 0. The lowest BCUT2D eigenvalue weighted by atomic mass is 10.1. The van der Waals surface area contributed by atoms with E-state index in [-0.39, 0.29) is 5.91 Å². The van der Waals surface area contributed by atoms with Gasteiger partial charge in [-0.2, -0.15) is 0 Å². The number of likely N-dealkylation sites (tertiary alicyclic amines) is 1. The van der Waals surface area contributed by atoms with Gasteiger partial charge in [0.15, 0.2) is 6.10 Å². The quantitative estimate of drug-likeness (QED) is 0.607. The van der Waals surface area contributed by atoms with Crippen LogP contribution < -0.4 is 0 Å². The van der Waals surface area contributed by atoms with E-state index in [4.69, 9.17) is 5.11 Å². The topological polar surface area (TPSA) is 77.8 Å². The van der Waals surface area contributed by atoms with E-state index in [1.54, 1.807) is 0 Å². The van der Waals surface area contributed by atoms with Gasteiger partial charge in [-0.05, 0) is 12.8 Å². The first-order valence-electron chi connectivity index (χ1n) is 4.22. The molecule has 1 saturated heterocycles. The minimum absolute atomic E-state index is 0.178. The molecule has 1 amide bonds. The fourth-order valence-electron chi connectivity index (χ4n) is 1.68. The molecule has 5 heteroatoms. The first-order chi connectivity index (χ1) is 6.04. The maximum Gasteiger partial charge on any atom is 0.334 e. The Balaban J connectivity index is 2.68. The summed E-state index contributed by atoms with van der Waals surface area (Å²) in [4.78, 5) is 22.9. The zero-order valence-corrected chi connectivity index (χ0v) is 7.43. The predicted octanol–water partition coefficient (Wildman–Crippen LogP) is -0.557. The van der Waals surface area contributed by atoms with E-state index in [0.29, 0.717) is 13.0 Å². The van der Waals surface area contributed by atoms with Crippen LogP contribution in [0.4, 0.5) is 0 Å². The van der Waals surface area contributed by atoms with Crippen molar-refractivity contribution in [1.29, 1.82) is 0 Å². The zero-order valence-electron chi connectivity index (χ0n) is 7.43. The van der Waals surface area contributed by atoms with Gasteiger partial charge in [0.25, 0.3) is 0 Å². The largest absolute Gasteiger partial charge is 0.479 e. The van der Waals surface area contributed by atoms with Gasteiger partial charge in [-0.3, -0.25) is 4.79 Å². The van der Waals surface area contributed by atoms with Crippen LogP contribution in [0.2, 0.25) is 0 Å². The van der Waals surface area contributed by atoms with Gasteiger partial charge in [0.2, 0.25) is 5.91 Å². The lowest BCUT2D eigenvalue weighted by molar-refractivity contribution is -0.151. The van der Waals surface area contributed by atoms with Crippen molar-refractivity contribution in [3.8, 4) is 0 Å². The summed E-state index contributed by atoms with van der Waals surface area (Å²) in [6.07, 6.45) is -0.131. The Bertz CT molecular complexity index is 228. The molecule has 0 saturated carbocycles. The normalized spacial score (nSPS) is 24.5. The van der Waals surface area contributed by atoms with Gasteiger partial charge in [-0.1, -0.05) is 0 Å². The van der Waals surface area contributed by atoms with Crippen molar-refractivity contribution in [3.63, 3.8) is 0 Å². The van der Waals surface area contributed by atoms with E-state index >= 15 is 0 Å². The number of carboxylic acid groups (broad SMARTS) is 1. The van der Waals surface area contributed by atoms with E-state index in [1.807, 2.05) is 0 Å². The Morgan fingerprint density at radius 1 is 1.54 bits per heavy atom. The van der Waals surface area contributed by atoms with Crippen LogP contribution in [0.5, 0.6) is 0 Å². The Morgan fingerprint density at radius 3 is 2.62 bits per heavy atom. The Hall–Kier alpha value is -1.10. The summed E-state index contributed by atoms with van der Waals surface area (Å²) in [5.41, 5.74) is 0. The fourth-order valence-corrected chi connectivity index (χ4v) is 1.68. The number of hydrogen-bond donors (Lipinski definition) is 2. The van der Waals surface area contributed by atoms with Crippen LogP contribution >= 0.6 is 0 Å². The molecule has 1 fully saturated rings. The number of aliphatic carboxylic acids is 1. The van der Waals surface area contributed by atoms with Crippen molar-refractivity contribution in [1.82, 2.24) is 4.90 Å². The molecular weight excluding hydrogens is 174 g/mol. The number of amides is 1. The molecule has 1 heterocycles. The minimum Gasteiger partial charge on any atom is -0.479 e. The summed E-state index contributed by atoms with van der Waals surface area (Å²) in [5, 5.41) is 17.8. The van der Waals surface area contributed by atoms with Crippen molar-refractivity contribution in [3.05, 3.63) is 0 Å². The van der Waals surface area contributed by atoms with Crippen LogP contribution in [0.3, 0.4) is 0 Å². The van der Waals surface area contributed by atoms with Crippen molar-refractivity contribution in [2.75, 3.05) is 6.54 Å². The summed E-state index contributed by atoms with van der Waals surface area (Å²) in [5.74, 6) is -1.44. The maximum atomic E-state index is 11.0. The van der Waals surface area contributed by atoms with Gasteiger partial charge in [0.1, 0.15) is 0 Å². The second-order valence-electron chi connectivity index (χ2n) is 3.21. The summed E-state index contributed by atoms with van der Waals surface area (Å²) >= 11 is 0. The van der Waals surface area contributed by atoms with Gasteiger partial charge in [-0.25, -0.2) is 4.79 Å². The Labute approximate surface area is 76.0 Å². The molecule has 5 nitrogen and oxygen atoms in total. The lowest BCUT2D eigenvalue weighted by Crippen LogP contribution is -2.45. The van der Waals surface area contributed by atoms with Gasteiger partial charge >= 0.3 is 5.97 Å². The Morgan fingerprint density at radius 2 is 2.15 bits per heavy atom. The van der Waals surface area contributed by atoms with Crippen molar-refractivity contribution in [2.45, 2.75) is 31.9 Å². The van der Waals surface area contributed by atoms with Crippen LogP contribution in [-0.2, 0) is 9.59 Å². The molecule has 0 aromatic heterocycles. The maximum absolute atomic E-state index is 11.0. The number of rotatable bonds is 2. The van der Waals surface area contributed by atoms with Crippen LogP contribution in [-0.4, -0.2) is 45.7 Å². The highest BCUT2D eigenvalue weighted by molar-refractivity contribution is 5.77. The Kier molecular flexibility index (Phi) is 2.87. The number of carboxylic acids is 1. The summed E-state index contributed by atoms with van der Waals surface area (Å²) in [6.45, 7) is 1.93. The van der Waals surface area contributed by atoms with Gasteiger partial charge in [0, 0.05) is 13.5 Å². The second kappa shape index (κ2) is 3.74. The number of carbonyl (C=O) groups is 2. The van der Waals surface area contributed by atoms with E-state index in [0.717, 1.165) is 6.42 Å². The number of carbonyl (C=O) groups excluding carboxylic acids is 1. The van der Waals surface area contributed by atoms with E-state index in [2.05, 4.69) is 0 Å². The third-order valence-corrected chi connectivity index (χ3v) is 2.32. The van der Waals surface area contributed by atoms with Crippen LogP contribution in [0, 0.1) is 0 Å². The molecule has 2 N–H and O–H groups in total. The molecule has 0 radical (unpaired) electrons. The summed E-state index contributed by atoms with van der Waals surface area (Å²) < 4.78 is 0. The van der Waals surface area contributed by atoms with Gasteiger partial charge in [0.05, 0.1) is 6.04 Å². The average Bonchev–Trinajstić information content (AvgIpc) is 2.50. The van der Waals surface area contributed by atoms with Crippen LogP contribution in [0.25, 0.3) is 0 Å². The SMILES string of the molecule is CC(=O)N1CCCC1C(O)C(=O)O. The smallest absolute Gasteiger partial charge is 0.334 e. The fraction of sp³-hybridized carbons (Fsp3) is 0.750. The minimum atomic E-state index is -1.45. The number of aliphatic hydroxyl groups excluding tert-OH is 1. The number of aliphatic hydroxyl groups is 1. The second-order valence-corrected chi connectivity index (χ2v) is 3.21. The molecule has 74 valence electrons. The molecule has 0 aromatic carbocycles. The molecule has 1 aliphatic heterocycles. The first-order valence-corrected chi connectivity index (χ1v) is 4.22. The highest BCUT2D eigenvalue weighted by Gasteiger charge is 2.35. The van der Waals surface area contributed by atoms with Gasteiger partial charge < -0.3 is 15.1 Å².